The van der Waals surface area contributed by atoms with Crippen LogP contribution in [0.15, 0.2) is 24.3 Å². The van der Waals surface area contributed by atoms with Crippen molar-refractivity contribution in [1.82, 2.24) is 0 Å². The second kappa shape index (κ2) is 16.3. The van der Waals surface area contributed by atoms with Gasteiger partial charge in [-0.05, 0) is 18.6 Å². The SMILES string of the molecule is CCCCCCCCCl.O=Cc1cccc(Cl)c1.[H-].[H-].[Mg+2]. The number of aldehydes is 1. The van der Waals surface area contributed by atoms with Crippen LogP contribution in [0.2, 0.25) is 5.02 Å². The molecule has 0 bridgehead atoms. The first kappa shape index (κ1) is 21.5. The molecular weight excluding hydrogens is 291 g/mol. The summed E-state index contributed by atoms with van der Waals surface area (Å²) >= 11 is 11.1. The van der Waals surface area contributed by atoms with E-state index in [-0.39, 0.29) is 25.9 Å². The maximum Gasteiger partial charge on any atom is 2.00 e. The van der Waals surface area contributed by atoms with Crippen molar-refractivity contribution < 1.29 is 7.65 Å². The molecule has 0 spiro atoms. The predicted molar refractivity (Wildman–Crippen MR) is 88.9 cm³/mol. The van der Waals surface area contributed by atoms with E-state index < -0.39 is 0 Å². The maximum atomic E-state index is 10.1. The summed E-state index contributed by atoms with van der Waals surface area (Å²) in [5.74, 6) is 0.839. The summed E-state index contributed by atoms with van der Waals surface area (Å²) in [6.07, 6.45) is 8.79. The fraction of sp³-hybridized carbons (Fsp3) is 0.533. The van der Waals surface area contributed by atoms with Crippen LogP contribution < -0.4 is 0 Å². The number of carbonyl (C=O) groups excluding carboxylic acids is 1. The third kappa shape index (κ3) is 14.5. The number of hydrogen-bond donors (Lipinski definition) is 0. The van der Waals surface area contributed by atoms with Crippen LogP contribution in [-0.4, -0.2) is 35.2 Å². The molecule has 1 aromatic rings. The van der Waals surface area contributed by atoms with E-state index in [0.717, 1.165) is 12.2 Å². The van der Waals surface area contributed by atoms with Crippen molar-refractivity contribution in [2.45, 2.75) is 45.4 Å². The van der Waals surface area contributed by atoms with Gasteiger partial charge in [0.15, 0.2) is 0 Å². The van der Waals surface area contributed by atoms with Gasteiger partial charge in [-0.3, -0.25) is 4.79 Å². The molecule has 0 radical (unpaired) electrons. The smallest absolute Gasteiger partial charge is 1.00 e. The summed E-state index contributed by atoms with van der Waals surface area (Å²) in [5.41, 5.74) is 0.613. The summed E-state index contributed by atoms with van der Waals surface area (Å²) in [7, 11) is 0. The molecule has 1 aromatic carbocycles. The number of hydrogen-bond acceptors (Lipinski definition) is 1. The van der Waals surface area contributed by atoms with Gasteiger partial charge in [-0.2, -0.15) is 0 Å². The number of carbonyl (C=O) groups is 1. The average Bonchev–Trinajstić information content (AvgIpc) is 2.39. The molecule has 0 saturated carbocycles. The van der Waals surface area contributed by atoms with E-state index in [1.54, 1.807) is 24.3 Å². The van der Waals surface area contributed by atoms with Gasteiger partial charge >= 0.3 is 23.1 Å². The molecule has 0 amide bonds. The van der Waals surface area contributed by atoms with Gasteiger partial charge in [0.05, 0.1) is 0 Å². The fourth-order valence-corrected chi connectivity index (χ4v) is 1.84. The molecule has 0 N–H and O–H groups in total. The largest absolute Gasteiger partial charge is 2.00 e. The third-order valence-electron chi connectivity index (χ3n) is 2.47. The molecule has 0 unspecified atom stereocenters. The molecule has 4 heteroatoms. The summed E-state index contributed by atoms with van der Waals surface area (Å²) in [4.78, 5) is 10.1. The van der Waals surface area contributed by atoms with Crippen LogP contribution in [0.4, 0.5) is 0 Å². The van der Waals surface area contributed by atoms with Gasteiger partial charge in [0, 0.05) is 16.5 Å². The monoisotopic (exact) mass is 314 g/mol. The molecule has 0 saturated heterocycles. The van der Waals surface area contributed by atoms with Crippen molar-refractivity contribution in [3.05, 3.63) is 34.9 Å². The van der Waals surface area contributed by atoms with Gasteiger partial charge in [-0.25, -0.2) is 0 Å². The maximum absolute atomic E-state index is 10.1. The molecule has 0 aliphatic heterocycles. The van der Waals surface area contributed by atoms with Crippen molar-refractivity contribution in [3.63, 3.8) is 0 Å². The molecule has 0 aliphatic rings. The Balaban J connectivity index is -0.000000120. The topological polar surface area (TPSA) is 17.1 Å². The Morgan fingerprint density at radius 2 is 1.79 bits per heavy atom. The second-order valence-electron chi connectivity index (χ2n) is 4.13. The number of rotatable bonds is 7. The van der Waals surface area contributed by atoms with Crippen molar-refractivity contribution in [3.8, 4) is 0 Å². The first-order valence-electron chi connectivity index (χ1n) is 6.51. The molecule has 0 atom stereocenters. The Labute approximate surface area is 146 Å². The van der Waals surface area contributed by atoms with Crippen molar-refractivity contribution in [1.29, 1.82) is 0 Å². The minimum atomic E-state index is 0. The zero-order valence-electron chi connectivity index (χ0n) is 13.7. The van der Waals surface area contributed by atoms with Crippen LogP contribution in [0.5, 0.6) is 0 Å². The minimum Gasteiger partial charge on any atom is -1.00 e. The standard InChI is InChI=1S/C8H17Cl.C7H5ClO.Mg.2H/c1-2-3-4-5-6-7-8-9;8-7-3-1-2-6(4-7)5-9;;;/h2-8H2,1H3;1-5H;;;/q;;+2;2*-1. The normalized spacial score (nSPS) is 9.00. The molecule has 0 aliphatic carbocycles. The van der Waals surface area contributed by atoms with E-state index in [4.69, 9.17) is 23.2 Å². The van der Waals surface area contributed by atoms with Crippen LogP contribution in [0.3, 0.4) is 0 Å². The number of halogens is 2. The molecular formula is C15H24Cl2MgO. The molecule has 0 heterocycles. The molecule has 0 fully saturated rings. The molecule has 1 rings (SSSR count). The number of alkyl halides is 1. The molecule has 1 nitrogen and oxygen atoms in total. The Morgan fingerprint density at radius 3 is 2.26 bits per heavy atom. The summed E-state index contributed by atoms with van der Waals surface area (Å²) in [6, 6.07) is 6.80. The van der Waals surface area contributed by atoms with Crippen LogP contribution in [0.1, 0.15) is 58.7 Å². The van der Waals surface area contributed by atoms with Crippen molar-refractivity contribution >= 4 is 52.5 Å². The first-order chi connectivity index (χ1) is 8.74. The Kier molecular flexibility index (Phi) is 18.5. The van der Waals surface area contributed by atoms with Gasteiger partial charge < -0.3 is 2.85 Å². The Bertz CT molecular complexity index is 322. The van der Waals surface area contributed by atoms with Gasteiger partial charge in [-0.15, -0.1) is 11.6 Å². The molecule has 19 heavy (non-hydrogen) atoms. The Morgan fingerprint density at radius 1 is 1.16 bits per heavy atom. The zero-order chi connectivity index (χ0) is 13.6. The van der Waals surface area contributed by atoms with Crippen molar-refractivity contribution in [2.75, 3.05) is 5.88 Å². The molecule has 106 valence electrons. The quantitative estimate of drug-likeness (QED) is 0.278. The zero-order valence-corrected chi connectivity index (χ0v) is 14.6. The average molecular weight is 316 g/mol. The summed E-state index contributed by atoms with van der Waals surface area (Å²) < 4.78 is 0. The fourth-order valence-electron chi connectivity index (χ4n) is 1.45. The van der Waals surface area contributed by atoms with E-state index >= 15 is 0 Å². The van der Waals surface area contributed by atoms with E-state index in [2.05, 4.69) is 6.92 Å². The minimum absolute atomic E-state index is 0. The van der Waals surface area contributed by atoms with E-state index in [1.165, 1.54) is 38.5 Å². The van der Waals surface area contributed by atoms with Gasteiger partial charge in [-0.1, -0.05) is 62.8 Å². The van der Waals surface area contributed by atoms with Crippen LogP contribution in [-0.2, 0) is 0 Å². The first-order valence-corrected chi connectivity index (χ1v) is 7.42. The molecule has 0 aromatic heterocycles. The van der Waals surface area contributed by atoms with Crippen LogP contribution in [0, 0.1) is 0 Å². The Hall–Kier alpha value is 0.236. The number of benzene rings is 1. The van der Waals surface area contributed by atoms with Crippen LogP contribution in [0.25, 0.3) is 0 Å². The van der Waals surface area contributed by atoms with E-state index in [1.807, 2.05) is 0 Å². The van der Waals surface area contributed by atoms with Crippen LogP contribution >= 0.6 is 23.2 Å². The summed E-state index contributed by atoms with van der Waals surface area (Å²) in [5, 5.41) is 0.597. The summed E-state index contributed by atoms with van der Waals surface area (Å²) in [6.45, 7) is 2.24. The number of unbranched alkanes of at least 4 members (excludes halogenated alkanes) is 5. The van der Waals surface area contributed by atoms with E-state index in [0.29, 0.717) is 10.6 Å². The van der Waals surface area contributed by atoms with Gasteiger partial charge in [0.25, 0.3) is 0 Å². The predicted octanol–water partition coefficient (Wildman–Crippen LogP) is 5.58. The van der Waals surface area contributed by atoms with Gasteiger partial charge in [0.2, 0.25) is 0 Å². The van der Waals surface area contributed by atoms with Crippen molar-refractivity contribution in [2.24, 2.45) is 0 Å². The van der Waals surface area contributed by atoms with Gasteiger partial charge in [0.1, 0.15) is 6.29 Å². The van der Waals surface area contributed by atoms with E-state index in [9.17, 15) is 4.79 Å². The second-order valence-corrected chi connectivity index (χ2v) is 4.94. The third-order valence-corrected chi connectivity index (χ3v) is 2.97.